The highest BCUT2D eigenvalue weighted by molar-refractivity contribution is 5.41. The van der Waals surface area contributed by atoms with Crippen LogP contribution in [0.5, 0.6) is 0 Å². The second-order valence-corrected chi connectivity index (χ2v) is 2.61. The summed E-state index contributed by atoms with van der Waals surface area (Å²) < 4.78 is 0. The summed E-state index contributed by atoms with van der Waals surface area (Å²) in [4.78, 5) is 0. The minimum atomic E-state index is 1.15. The third-order valence-corrected chi connectivity index (χ3v) is 1.92. The fourth-order valence-corrected chi connectivity index (χ4v) is 1.28. The molecule has 0 saturated heterocycles. The van der Waals surface area contributed by atoms with E-state index in [0.717, 1.165) is 12.8 Å². The third kappa shape index (κ3) is 1.94. The van der Waals surface area contributed by atoms with E-state index in [1.807, 2.05) is 6.08 Å². The summed E-state index contributed by atoms with van der Waals surface area (Å²) in [6.45, 7) is 5.83. The molecule has 1 rings (SSSR count). The van der Waals surface area contributed by atoms with Crippen LogP contribution >= 0.6 is 0 Å². The van der Waals surface area contributed by atoms with E-state index < -0.39 is 0 Å². The molecular weight excluding hydrogens is 132 g/mol. The molecule has 0 aliphatic heterocycles. The maximum absolute atomic E-state index is 3.77. The monoisotopic (exact) mass is 146 g/mol. The molecule has 0 atom stereocenters. The van der Waals surface area contributed by atoms with E-state index in [2.05, 4.69) is 37.8 Å². The Morgan fingerprint density at radius 1 is 1.64 bits per heavy atom. The zero-order valence-electron chi connectivity index (χ0n) is 7.01. The van der Waals surface area contributed by atoms with E-state index in [4.69, 9.17) is 0 Å². The van der Waals surface area contributed by atoms with Crippen LogP contribution in [0.25, 0.3) is 0 Å². The molecular formula is C11H14. The van der Waals surface area contributed by atoms with E-state index >= 15 is 0 Å². The second-order valence-electron chi connectivity index (χ2n) is 2.61. The zero-order valence-corrected chi connectivity index (χ0v) is 7.01. The average molecular weight is 146 g/mol. The van der Waals surface area contributed by atoms with Crippen LogP contribution < -0.4 is 0 Å². The number of hydrogen-bond acceptors (Lipinski definition) is 0. The van der Waals surface area contributed by atoms with Crippen molar-refractivity contribution in [3.8, 4) is 0 Å². The van der Waals surface area contributed by atoms with Gasteiger partial charge in [-0.25, -0.2) is 0 Å². The lowest BCUT2D eigenvalue weighted by Gasteiger charge is -2.08. The summed E-state index contributed by atoms with van der Waals surface area (Å²) in [7, 11) is 0. The Morgan fingerprint density at radius 3 is 2.91 bits per heavy atom. The Labute approximate surface area is 68.6 Å². The van der Waals surface area contributed by atoms with Crippen molar-refractivity contribution in [2.45, 2.75) is 19.8 Å². The molecule has 0 amide bonds. The van der Waals surface area contributed by atoms with Gasteiger partial charge in [0.25, 0.3) is 0 Å². The van der Waals surface area contributed by atoms with Crippen LogP contribution in [0.2, 0.25) is 0 Å². The SMILES string of the molecule is C=C/C(=C\C)C1=CC=CCC1. The molecule has 0 aromatic carbocycles. The fourth-order valence-electron chi connectivity index (χ4n) is 1.28. The quantitative estimate of drug-likeness (QED) is 0.524. The first-order chi connectivity index (χ1) is 5.38. The first-order valence-electron chi connectivity index (χ1n) is 4.03. The van der Waals surface area contributed by atoms with E-state index in [9.17, 15) is 0 Å². The minimum absolute atomic E-state index is 1.15. The van der Waals surface area contributed by atoms with Gasteiger partial charge in [0.2, 0.25) is 0 Å². The summed E-state index contributed by atoms with van der Waals surface area (Å²) in [5.41, 5.74) is 2.68. The van der Waals surface area contributed by atoms with E-state index in [-0.39, 0.29) is 0 Å². The van der Waals surface area contributed by atoms with Gasteiger partial charge >= 0.3 is 0 Å². The summed E-state index contributed by atoms with van der Waals surface area (Å²) in [6, 6.07) is 0. The van der Waals surface area contributed by atoms with Gasteiger partial charge in [0, 0.05) is 0 Å². The highest BCUT2D eigenvalue weighted by Gasteiger charge is 2.00. The van der Waals surface area contributed by atoms with E-state index in [0.29, 0.717) is 0 Å². The van der Waals surface area contributed by atoms with Crippen molar-refractivity contribution in [3.05, 3.63) is 48.1 Å². The third-order valence-electron chi connectivity index (χ3n) is 1.92. The number of hydrogen-bond donors (Lipinski definition) is 0. The van der Waals surface area contributed by atoms with Gasteiger partial charge < -0.3 is 0 Å². The number of rotatable bonds is 2. The topological polar surface area (TPSA) is 0 Å². The highest BCUT2D eigenvalue weighted by Crippen LogP contribution is 2.20. The van der Waals surface area contributed by atoms with Gasteiger partial charge in [-0.05, 0) is 30.9 Å². The van der Waals surface area contributed by atoms with Crippen molar-refractivity contribution in [2.75, 3.05) is 0 Å². The molecule has 1 aliphatic carbocycles. The molecule has 11 heavy (non-hydrogen) atoms. The van der Waals surface area contributed by atoms with Gasteiger partial charge in [-0.1, -0.05) is 37.0 Å². The molecule has 0 radical (unpaired) electrons. The van der Waals surface area contributed by atoms with Gasteiger partial charge in [0.15, 0.2) is 0 Å². The lowest BCUT2D eigenvalue weighted by Crippen LogP contribution is -1.89. The van der Waals surface area contributed by atoms with Gasteiger partial charge in [0.1, 0.15) is 0 Å². The summed E-state index contributed by atoms with van der Waals surface area (Å²) >= 11 is 0. The molecule has 0 heteroatoms. The van der Waals surface area contributed by atoms with Crippen LogP contribution in [0.3, 0.4) is 0 Å². The van der Waals surface area contributed by atoms with Crippen LogP contribution in [-0.4, -0.2) is 0 Å². The van der Waals surface area contributed by atoms with Crippen LogP contribution in [0.1, 0.15) is 19.8 Å². The maximum Gasteiger partial charge on any atom is -0.0238 e. The second kappa shape index (κ2) is 3.97. The molecule has 0 aromatic heterocycles. The van der Waals surface area contributed by atoms with Crippen molar-refractivity contribution in [1.29, 1.82) is 0 Å². The maximum atomic E-state index is 3.77. The Kier molecular flexibility index (Phi) is 2.91. The molecule has 58 valence electrons. The molecule has 0 aromatic rings. The van der Waals surface area contributed by atoms with Crippen LogP contribution in [0, 0.1) is 0 Å². The van der Waals surface area contributed by atoms with E-state index in [1.165, 1.54) is 11.1 Å². The molecule has 0 fully saturated rings. The largest absolute Gasteiger partial charge is 0.0985 e. The van der Waals surface area contributed by atoms with Crippen molar-refractivity contribution in [2.24, 2.45) is 0 Å². The lowest BCUT2D eigenvalue weighted by atomic mass is 9.97. The van der Waals surface area contributed by atoms with E-state index in [1.54, 1.807) is 0 Å². The van der Waals surface area contributed by atoms with Crippen LogP contribution in [0.4, 0.5) is 0 Å². The molecule has 0 unspecified atom stereocenters. The number of allylic oxidation sites excluding steroid dienone is 7. The summed E-state index contributed by atoms with van der Waals surface area (Å²) in [5, 5.41) is 0. The van der Waals surface area contributed by atoms with Gasteiger partial charge in [0.05, 0.1) is 0 Å². The van der Waals surface area contributed by atoms with Crippen LogP contribution in [-0.2, 0) is 0 Å². The minimum Gasteiger partial charge on any atom is -0.0985 e. The first-order valence-corrected chi connectivity index (χ1v) is 4.03. The molecule has 0 heterocycles. The van der Waals surface area contributed by atoms with Gasteiger partial charge in [-0.2, -0.15) is 0 Å². The van der Waals surface area contributed by atoms with Gasteiger partial charge in [-0.15, -0.1) is 0 Å². The fraction of sp³-hybridized carbons (Fsp3) is 0.273. The standard InChI is InChI=1S/C11H14/c1-3-10(4-2)11-8-6-5-7-9-11/h3-6,8H,1,7,9H2,2H3/b10-4+. The molecule has 0 saturated carbocycles. The summed E-state index contributed by atoms with van der Waals surface area (Å²) in [5.74, 6) is 0. The average Bonchev–Trinajstić information content (AvgIpc) is 2.09. The lowest BCUT2D eigenvalue weighted by molar-refractivity contribution is 0.977. The summed E-state index contributed by atoms with van der Waals surface area (Å²) in [6.07, 6.45) is 12.8. The Morgan fingerprint density at radius 2 is 2.45 bits per heavy atom. The Hall–Kier alpha value is -1.04. The van der Waals surface area contributed by atoms with Crippen molar-refractivity contribution in [1.82, 2.24) is 0 Å². The molecule has 1 aliphatic rings. The smallest absolute Gasteiger partial charge is 0.0238 e. The molecule has 0 spiro atoms. The zero-order chi connectivity index (χ0) is 8.10. The Bertz CT molecular complexity index is 226. The molecule has 0 bridgehead atoms. The Balaban J connectivity index is 2.80. The predicted molar refractivity (Wildman–Crippen MR) is 50.4 cm³/mol. The van der Waals surface area contributed by atoms with Crippen molar-refractivity contribution < 1.29 is 0 Å². The van der Waals surface area contributed by atoms with Crippen molar-refractivity contribution >= 4 is 0 Å². The normalized spacial score (nSPS) is 17.9. The first kappa shape index (κ1) is 8.06. The van der Waals surface area contributed by atoms with Crippen LogP contribution in [0.15, 0.2) is 48.1 Å². The highest BCUT2D eigenvalue weighted by atomic mass is 14.1. The predicted octanol–water partition coefficient (Wildman–Crippen LogP) is 3.40. The molecule has 0 nitrogen and oxygen atoms in total. The molecule has 0 N–H and O–H groups in total. The van der Waals surface area contributed by atoms with Gasteiger partial charge in [-0.3, -0.25) is 0 Å². The van der Waals surface area contributed by atoms with Crippen molar-refractivity contribution in [3.63, 3.8) is 0 Å².